The van der Waals surface area contributed by atoms with Gasteiger partial charge in [-0.1, -0.05) is 20.8 Å². The number of rotatable bonds is 4. The summed E-state index contributed by atoms with van der Waals surface area (Å²) in [4.78, 5) is 0. The molecule has 0 saturated carbocycles. The zero-order valence-corrected chi connectivity index (χ0v) is 15.9. The van der Waals surface area contributed by atoms with Crippen molar-refractivity contribution < 1.29 is 8.42 Å². The van der Waals surface area contributed by atoms with E-state index in [4.69, 9.17) is 0 Å². The van der Waals surface area contributed by atoms with Gasteiger partial charge < -0.3 is 0 Å². The average Bonchev–Trinajstić information content (AvgIpc) is 2.18. The molecule has 0 aromatic heterocycles. The van der Waals surface area contributed by atoms with Gasteiger partial charge in [0, 0.05) is 6.21 Å². The van der Waals surface area contributed by atoms with Gasteiger partial charge in [-0.05, 0) is 47.0 Å². The number of nitrogens with zero attached hydrogens (tertiary/aromatic N) is 1. The molecule has 0 aromatic carbocycles. The van der Waals surface area contributed by atoms with Crippen LogP contribution in [0.15, 0.2) is 4.40 Å². The molecule has 0 aromatic rings. The molecule has 0 aliphatic heterocycles. The van der Waals surface area contributed by atoms with Crippen LogP contribution in [0.3, 0.4) is 0 Å². The van der Waals surface area contributed by atoms with Gasteiger partial charge in [0.1, 0.15) is 11.0 Å². The molecule has 0 amide bonds. The van der Waals surface area contributed by atoms with Crippen molar-refractivity contribution in [1.29, 1.82) is 0 Å². The van der Waals surface area contributed by atoms with Gasteiger partial charge in [0.25, 0.3) is 0 Å². The third kappa shape index (κ3) is 7.09. The van der Waals surface area contributed by atoms with Crippen LogP contribution in [0.2, 0.25) is 0 Å². The Hall–Kier alpha value is -0.0700. The number of hydrogen-bond acceptors (Lipinski definition) is 2. The Morgan fingerprint density at radius 2 is 1.35 bits per heavy atom. The van der Waals surface area contributed by atoms with Crippen molar-refractivity contribution in [2.75, 3.05) is 0 Å². The van der Waals surface area contributed by atoms with Gasteiger partial charge in [0.2, 0.25) is 0 Å². The van der Waals surface area contributed by atoms with Crippen LogP contribution >= 0.6 is 0 Å². The highest BCUT2D eigenvalue weighted by atomic mass is 32.2. The summed E-state index contributed by atoms with van der Waals surface area (Å²) in [7, 11) is -2.49. The first kappa shape index (κ1) is 19.9. The first-order valence-corrected chi connectivity index (χ1v) is 9.05. The molecular weight excluding hydrogens is 292 g/mol. The normalized spacial score (nSPS) is 19.1. The highest BCUT2D eigenvalue weighted by Crippen LogP contribution is 2.21. The molecule has 120 valence electrons. The molecule has 0 saturated heterocycles. The summed E-state index contributed by atoms with van der Waals surface area (Å²) in [6.07, 6.45) is 1.64. The third-order valence-electron chi connectivity index (χ3n) is 2.55. The lowest BCUT2D eigenvalue weighted by Gasteiger charge is -2.30. The Bertz CT molecular complexity index is 399. The van der Waals surface area contributed by atoms with Crippen LogP contribution in [0.25, 0.3) is 0 Å². The topological polar surface area (TPSA) is 58.5 Å². The summed E-state index contributed by atoms with van der Waals surface area (Å²) in [5.41, 5.74) is -0.160. The first-order valence-electron chi connectivity index (χ1n) is 6.80. The lowest BCUT2D eigenvalue weighted by atomic mass is 9.88. The quantitative estimate of drug-likeness (QED) is 0.809. The second kappa shape index (κ2) is 6.79. The molecule has 20 heavy (non-hydrogen) atoms. The fourth-order valence-corrected chi connectivity index (χ4v) is 2.54. The molecule has 0 aliphatic carbocycles. The molecule has 6 heteroatoms. The van der Waals surface area contributed by atoms with E-state index in [1.807, 2.05) is 62.3 Å². The maximum atomic E-state index is 12.2. The van der Waals surface area contributed by atoms with Crippen molar-refractivity contribution in [3.63, 3.8) is 0 Å². The highest BCUT2D eigenvalue weighted by Gasteiger charge is 2.29. The van der Waals surface area contributed by atoms with Crippen molar-refractivity contribution in [2.45, 2.75) is 77.8 Å². The summed E-state index contributed by atoms with van der Waals surface area (Å²) in [5, 5.41) is 0. The molecule has 4 nitrogen and oxygen atoms in total. The standard InChI is InChI=1S/C14H30N2O2S2/c1-12(2,3)11(16-20(18)14(7,8)9)10-15-19(17)13(4,5)6/h10-11,16H,1-9H3/b15-10+/t11-,19+,20+/m0/s1. The summed E-state index contributed by atoms with van der Waals surface area (Å²) in [6.45, 7) is 17.5. The SMILES string of the molecule is CC(C)(C)[C@H](/C=N/[S@](=O)C(C)(C)C)N[S@](=O)C(C)(C)C. The van der Waals surface area contributed by atoms with E-state index in [1.165, 1.54) is 0 Å². The van der Waals surface area contributed by atoms with Crippen LogP contribution < -0.4 is 4.72 Å². The molecule has 0 bridgehead atoms. The summed E-state index contributed by atoms with van der Waals surface area (Å²) in [6, 6.07) is -0.200. The van der Waals surface area contributed by atoms with E-state index >= 15 is 0 Å². The van der Waals surface area contributed by atoms with Crippen LogP contribution in [-0.4, -0.2) is 30.2 Å². The van der Waals surface area contributed by atoms with Crippen LogP contribution in [0.1, 0.15) is 62.3 Å². The van der Waals surface area contributed by atoms with Crippen LogP contribution in [0.5, 0.6) is 0 Å². The van der Waals surface area contributed by atoms with E-state index in [2.05, 4.69) is 9.12 Å². The Morgan fingerprint density at radius 3 is 1.65 bits per heavy atom. The largest absolute Gasteiger partial charge is 0.242 e. The molecule has 0 rings (SSSR count). The van der Waals surface area contributed by atoms with Crippen molar-refractivity contribution >= 4 is 28.2 Å². The van der Waals surface area contributed by atoms with Gasteiger partial charge in [-0.25, -0.2) is 13.1 Å². The molecule has 1 N–H and O–H groups in total. The molecule has 0 heterocycles. The van der Waals surface area contributed by atoms with E-state index < -0.39 is 22.0 Å². The molecule has 0 spiro atoms. The predicted molar refractivity (Wildman–Crippen MR) is 90.7 cm³/mol. The van der Waals surface area contributed by atoms with Crippen molar-refractivity contribution in [3.8, 4) is 0 Å². The molecule has 0 fully saturated rings. The average molecular weight is 323 g/mol. The molecule has 0 radical (unpaired) electrons. The zero-order chi connectivity index (χ0) is 16.4. The van der Waals surface area contributed by atoms with Crippen LogP contribution in [0, 0.1) is 5.41 Å². The van der Waals surface area contributed by atoms with Crippen LogP contribution in [-0.2, 0) is 22.0 Å². The minimum Gasteiger partial charge on any atom is -0.242 e. The minimum absolute atomic E-state index is 0.160. The van der Waals surface area contributed by atoms with Crippen molar-refractivity contribution in [3.05, 3.63) is 0 Å². The minimum atomic E-state index is -1.30. The Kier molecular flexibility index (Phi) is 6.77. The zero-order valence-electron chi connectivity index (χ0n) is 14.2. The monoisotopic (exact) mass is 322 g/mol. The second-order valence-electron chi connectivity index (χ2n) is 7.96. The Balaban J connectivity index is 5.09. The summed E-state index contributed by atoms with van der Waals surface area (Å²) in [5.74, 6) is 0. The fourth-order valence-electron chi connectivity index (χ4n) is 0.997. The van der Waals surface area contributed by atoms with Gasteiger partial charge in [-0.15, -0.1) is 0 Å². The summed E-state index contributed by atoms with van der Waals surface area (Å²) < 4.78 is 30.7. The van der Waals surface area contributed by atoms with E-state index in [0.717, 1.165) is 0 Å². The van der Waals surface area contributed by atoms with Gasteiger partial charge >= 0.3 is 0 Å². The molecule has 0 unspecified atom stereocenters. The van der Waals surface area contributed by atoms with E-state index in [0.29, 0.717) is 0 Å². The number of nitrogens with one attached hydrogen (secondary N) is 1. The van der Waals surface area contributed by atoms with E-state index in [-0.39, 0.29) is 21.0 Å². The van der Waals surface area contributed by atoms with Gasteiger partial charge in [-0.2, -0.15) is 4.40 Å². The maximum absolute atomic E-state index is 12.2. The highest BCUT2D eigenvalue weighted by molar-refractivity contribution is 7.85. The third-order valence-corrected chi connectivity index (χ3v) is 5.49. The maximum Gasteiger partial charge on any atom is 0.144 e. The Morgan fingerprint density at radius 1 is 0.900 bits per heavy atom. The number of hydrogen-bond donors (Lipinski definition) is 1. The predicted octanol–water partition coefficient (Wildman–Crippen LogP) is 2.99. The van der Waals surface area contributed by atoms with E-state index in [1.54, 1.807) is 6.21 Å². The fraction of sp³-hybridized carbons (Fsp3) is 0.929. The Labute approximate surface area is 129 Å². The lowest BCUT2D eigenvalue weighted by Crippen LogP contribution is -2.47. The second-order valence-corrected chi connectivity index (χ2v) is 11.9. The smallest absolute Gasteiger partial charge is 0.144 e. The summed E-state index contributed by atoms with van der Waals surface area (Å²) >= 11 is 0. The van der Waals surface area contributed by atoms with Crippen LogP contribution in [0.4, 0.5) is 0 Å². The molecule has 0 aliphatic rings. The van der Waals surface area contributed by atoms with Crippen molar-refractivity contribution in [1.82, 2.24) is 4.72 Å². The van der Waals surface area contributed by atoms with Gasteiger partial charge in [-0.3, -0.25) is 0 Å². The van der Waals surface area contributed by atoms with E-state index in [9.17, 15) is 8.42 Å². The molecule has 3 atom stereocenters. The van der Waals surface area contributed by atoms with Crippen molar-refractivity contribution in [2.24, 2.45) is 9.81 Å². The molecular formula is C14H30N2O2S2. The van der Waals surface area contributed by atoms with Gasteiger partial charge in [0.15, 0.2) is 0 Å². The van der Waals surface area contributed by atoms with Gasteiger partial charge in [0.05, 0.1) is 26.5 Å². The lowest BCUT2D eigenvalue weighted by molar-refractivity contribution is 0.368. The first-order chi connectivity index (χ1) is 8.65.